The largest absolute Gasteiger partial charge is 0.318 e. The van der Waals surface area contributed by atoms with Gasteiger partial charge >= 0.3 is 0 Å². The Bertz CT molecular complexity index is 1600. The summed E-state index contributed by atoms with van der Waals surface area (Å²) in [6.45, 7) is 1.98. The lowest BCUT2D eigenvalue weighted by molar-refractivity contribution is 0.587. The van der Waals surface area contributed by atoms with Crippen LogP contribution in [0.4, 0.5) is 0 Å². The van der Waals surface area contributed by atoms with Gasteiger partial charge in [0.05, 0.1) is 4.90 Å². The molecule has 0 bridgehead atoms. The number of pyridine rings is 1. The lowest BCUT2D eigenvalue weighted by Crippen LogP contribution is -2.16. The molecule has 0 saturated heterocycles. The Morgan fingerprint density at radius 1 is 0.919 bits per heavy atom. The van der Waals surface area contributed by atoms with Gasteiger partial charge in [0, 0.05) is 30.3 Å². The first-order valence-corrected chi connectivity index (χ1v) is 13.5. The van der Waals surface area contributed by atoms with Crippen LogP contribution >= 0.6 is 11.6 Å². The molecule has 0 aliphatic rings. The van der Waals surface area contributed by atoms with E-state index >= 15 is 0 Å². The summed E-state index contributed by atoms with van der Waals surface area (Å²) in [6.07, 6.45) is 2.04. The molecule has 37 heavy (non-hydrogen) atoms. The highest BCUT2D eigenvalue weighted by Crippen LogP contribution is 2.38. The number of benzene rings is 3. The highest BCUT2D eigenvalue weighted by Gasteiger charge is 2.24. The molecule has 1 aromatic heterocycles. The van der Waals surface area contributed by atoms with Crippen molar-refractivity contribution >= 4 is 21.6 Å². The molecule has 9 heteroatoms. The first-order valence-electron chi connectivity index (χ1n) is 11.5. The second kappa shape index (κ2) is 10.8. The number of aryl methyl sites for hydroxylation is 2. The van der Waals surface area contributed by atoms with Crippen LogP contribution in [0.25, 0.3) is 11.1 Å². The lowest BCUT2D eigenvalue weighted by Gasteiger charge is -2.23. The van der Waals surface area contributed by atoms with Crippen molar-refractivity contribution in [2.75, 3.05) is 0 Å². The number of rotatable bonds is 8. The predicted octanol–water partition coefficient (Wildman–Crippen LogP) is 5.69. The Labute approximate surface area is 220 Å². The van der Waals surface area contributed by atoms with Crippen molar-refractivity contribution in [3.63, 3.8) is 0 Å². The van der Waals surface area contributed by atoms with Crippen LogP contribution < -0.4 is 10.7 Å². The third-order valence-electron chi connectivity index (χ3n) is 6.52. The molecule has 0 fully saturated rings. The van der Waals surface area contributed by atoms with Gasteiger partial charge in [-0.25, -0.2) is 13.6 Å². The Balaban J connectivity index is 1.71. The maximum Gasteiger partial charge on any atom is 0.250 e. The smallest absolute Gasteiger partial charge is 0.250 e. The van der Waals surface area contributed by atoms with Crippen molar-refractivity contribution in [3.8, 4) is 11.1 Å². The fourth-order valence-electron chi connectivity index (χ4n) is 4.49. The van der Waals surface area contributed by atoms with E-state index in [4.69, 9.17) is 16.7 Å². The molecule has 0 amide bonds. The number of nitroso groups, excluding NO2 is 1. The van der Waals surface area contributed by atoms with E-state index in [-0.39, 0.29) is 16.4 Å². The first kappa shape index (κ1) is 26.5. The van der Waals surface area contributed by atoms with Gasteiger partial charge in [-0.2, -0.15) is 4.91 Å². The SMILES string of the molecule is Cc1cc(Cl)ccc1[C@H](CC(N=O)c1ccc(=O)n(C)c1)c1ccc(-c2ccc(S(N)(=O)=O)cc2)cc1. The monoisotopic (exact) mass is 535 g/mol. The zero-order chi connectivity index (χ0) is 26.7. The van der Waals surface area contributed by atoms with Gasteiger partial charge in [0.1, 0.15) is 6.04 Å². The van der Waals surface area contributed by atoms with Gasteiger partial charge in [-0.15, -0.1) is 0 Å². The van der Waals surface area contributed by atoms with E-state index in [9.17, 15) is 18.1 Å². The molecule has 2 atom stereocenters. The van der Waals surface area contributed by atoms with E-state index in [0.29, 0.717) is 17.0 Å². The molecule has 4 rings (SSSR count). The molecule has 1 unspecified atom stereocenters. The molecular weight excluding hydrogens is 510 g/mol. The zero-order valence-corrected chi connectivity index (χ0v) is 21.9. The quantitative estimate of drug-likeness (QED) is 0.292. The maximum absolute atomic E-state index is 12.0. The van der Waals surface area contributed by atoms with Gasteiger partial charge < -0.3 is 4.57 Å². The van der Waals surface area contributed by atoms with Crippen LogP contribution in [0.5, 0.6) is 0 Å². The van der Waals surface area contributed by atoms with Crippen LogP contribution in [-0.4, -0.2) is 13.0 Å². The highest BCUT2D eigenvalue weighted by atomic mass is 35.5. The Hall–Kier alpha value is -3.59. The Morgan fingerprint density at radius 3 is 2.05 bits per heavy atom. The van der Waals surface area contributed by atoms with E-state index in [2.05, 4.69) is 5.18 Å². The predicted molar refractivity (Wildman–Crippen MR) is 146 cm³/mol. The summed E-state index contributed by atoms with van der Waals surface area (Å²) < 4.78 is 24.6. The van der Waals surface area contributed by atoms with Gasteiger partial charge in [-0.3, -0.25) is 4.79 Å². The van der Waals surface area contributed by atoms with E-state index in [1.165, 1.54) is 22.8 Å². The molecule has 4 aromatic rings. The van der Waals surface area contributed by atoms with Crippen molar-refractivity contribution in [3.05, 3.63) is 128 Å². The molecular formula is C28H26ClN3O4S. The first-order chi connectivity index (χ1) is 17.6. The van der Waals surface area contributed by atoms with Crippen LogP contribution in [0.1, 0.15) is 40.6 Å². The summed E-state index contributed by atoms with van der Waals surface area (Å²) in [4.78, 5) is 23.9. The maximum atomic E-state index is 12.0. The second-order valence-electron chi connectivity index (χ2n) is 9.01. The molecule has 2 N–H and O–H groups in total. The van der Waals surface area contributed by atoms with Crippen molar-refractivity contribution in [2.24, 2.45) is 17.4 Å². The summed E-state index contributed by atoms with van der Waals surface area (Å²) in [7, 11) is -2.12. The molecule has 7 nitrogen and oxygen atoms in total. The standard InChI is InChI=1S/C28H26ClN3O4S/c1-18-15-23(29)10-13-25(18)26(16-27(31-34)22-9-14-28(33)32(2)17-22)21-5-3-19(4-6-21)20-7-11-24(12-8-20)37(30,35)36/h3-15,17,26-27H,16H2,1-2H3,(H2,30,35,36)/t26-,27?/m1/s1. The third kappa shape index (κ3) is 6.05. The number of aromatic nitrogens is 1. The van der Waals surface area contributed by atoms with Crippen molar-refractivity contribution in [1.29, 1.82) is 0 Å². The number of hydrogen-bond donors (Lipinski definition) is 1. The van der Waals surface area contributed by atoms with Gasteiger partial charge in [0.2, 0.25) is 15.6 Å². The number of nitrogens with two attached hydrogens (primary N) is 1. The highest BCUT2D eigenvalue weighted by molar-refractivity contribution is 7.89. The summed E-state index contributed by atoms with van der Waals surface area (Å²) >= 11 is 6.21. The summed E-state index contributed by atoms with van der Waals surface area (Å²) in [5.41, 5.74) is 5.24. The average Bonchev–Trinajstić information content (AvgIpc) is 2.87. The minimum Gasteiger partial charge on any atom is -0.318 e. The summed E-state index contributed by atoms with van der Waals surface area (Å²) in [5, 5.41) is 9.24. The van der Waals surface area contributed by atoms with Crippen LogP contribution in [0.3, 0.4) is 0 Å². The lowest BCUT2D eigenvalue weighted by atomic mass is 9.82. The van der Waals surface area contributed by atoms with E-state index in [1.807, 2.05) is 49.4 Å². The molecule has 0 spiro atoms. The second-order valence-corrected chi connectivity index (χ2v) is 11.0. The number of primary sulfonamides is 1. The van der Waals surface area contributed by atoms with Crippen molar-refractivity contribution in [1.82, 2.24) is 4.57 Å². The molecule has 3 aromatic carbocycles. The molecule has 190 valence electrons. The van der Waals surface area contributed by atoms with E-state index in [1.54, 1.807) is 31.4 Å². The summed E-state index contributed by atoms with van der Waals surface area (Å²) in [6, 6.07) is 22.4. The number of halogens is 1. The topological polar surface area (TPSA) is 112 Å². The molecule has 0 saturated carbocycles. The normalized spacial score (nSPS) is 13.2. The van der Waals surface area contributed by atoms with Gasteiger partial charge in [0.15, 0.2) is 0 Å². The molecule has 1 heterocycles. The van der Waals surface area contributed by atoms with Crippen LogP contribution in [-0.2, 0) is 17.1 Å². The molecule has 0 aliphatic heterocycles. The fourth-order valence-corrected chi connectivity index (χ4v) is 5.24. The minimum atomic E-state index is -3.76. The average molecular weight is 536 g/mol. The Morgan fingerprint density at radius 2 is 1.51 bits per heavy atom. The van der Waals surface area contributed by atoms with Crippen LogP contribution in [0.15, 0.2) is 99.9 Å². The Kier molecular flexibility index (Phi) is 7.73. The zero-order valence-electron chi connectivity index (χ0n) is 20.3. The summed E-state index contributed by atoms with van der Waals surface area (Å²) in [5.74, 6) is -0.170. The fraction of sp³-hybridized carbons (Fsp3) is 0.179. The van der Waals surface area contributed by atoms with Crippen molar-refractivity contribution < 1.29 is 8.42 Å². The van der Waals surface area contributed by atoms with Crippen LogP contribution in [0.2, 0.25) is 5.02 Å². The van der Waals surface area contributed by atoms with Gasteiger partial charge in [-0.1, -0.05) is 59.2 Å². The number of hydrogen-bond acceptors (Lipinski definition) is 5. The minimum absolute atomic E-state index is 0.0527. The van der Waals surface area contributed by atoms with Crippen molar-refractivity contribution in [2.45, 2.75) is 30.2 Å². The number of sulfonamides is 1. The third-order valence-corrected chi connectivity index (χ3v) is 7.68. The van der Waals surface area contributed by atoms with Gasteiger partial charge in [-0.05, 0) is 77.1 Å². The van der Waals surface area contributed by atoms with Crippen LogP contribution in [0, 0.1) is 11.8 Å². The van der Waals surface area contributed by atoms with E-state index < -0.39 is 16.1 Å². The number of nitrogens with zero attached hydrogens (tertiary/aromatic N) is 2. The van der Waals surface area contributed by atoms with Gasteiger partial charge in [0.25, 0.3) is 0 Å². The molecule has 0 aliphatic carbocycles. The van der Waals surface area contributed by atoms with E-state index in [0.717, 1.165) is 27.8 Å². The molecule has 0 radical (unpaired) electrons.